The van der Waals surface area contributed by atoms with Crippen LogP contribution < -0.4 is 9.47 Å². The highest BCUT2D eigenvalue weighted by atomic mass is 32.2. The molecule has 3 heterocycles. The second-order valence-corrected chi connectivity index (χ2v) is 15.0. The number of aromatic nitrogens is 3. The van der Waals surface area contributed by atoms with E-state index in [4.69, 9.17) is 9.47 Å². The Morgan fingerprint density at radius 3 is 2.21 bits per heavy atom. The first-order chi connectivity index (χ1) is 22.4. The third-order valence-electron chi connectivity index (χ3n) is 8.75. The number of hydrogen-bond donors (Lipinski definition) is 1. The molecule has 0 unspecified atom stereocenters. The van der Waals surface area contributed by atoms with Gasteiger partial charge in [0.15, 0.2) is 0 Å². The number of carbonyl (C=O) groups is 1. The SMILES string of the molecule is CCC(CC)(Cc1c(SC(C)(C)C)c2cc(OCc3ccc(C)cn3)ccc2n1Cc1ccc(-c2ccc(OC)nc2)cc1)C(=O)O. The quantitative estimate of drug-likeness (QED) is 0.127. The molecule has 0 bridgehead atoms. The Morgan fingerprint density at radius 1 is 0.915 bits per heavy atom. The molecular formula is C39H45N3O4S. The molecule has 0 aliphatic heterocycles. The number of aryl methyl sites for hydroxylation is 1. The molecule has 0 saturated carbocycles. The number of thioether (sulfide) groups is 1. The van der Waals surface area contributed by atoms with Crippen molar-refractivity contribution in [1.82, 2.24) is 14.5 Å². The van der Waals surface area contributed by atoms with Crippen LogP contribution in [0.4, 0.5) is 0 Å². The zero-order valence-corrected chi connectivity index (χ0v) is 29.3. The molecule has 3 aromatic heterocycles. The monoisotopic (exact) mass is 651 g/mol. The van der Waals surface area contributed by atoms with Gasteiger partial charge in [-0.25, -0.2) is 4.98 Å². The molecule has 246 valence electrons. The number of pyridine rings is 2. The molecule has 1 N–H and O–H groups in total. The minimum Gasteiger partial charge on any atom is -0.487 e. The normalized spacial score (nSPS) is 12.0. The van der Waals surface area contributed by atoms with Crippen LogP contribution in [-0.2, 0) is 24.4 Å². The van der Waals surface area contributed by atoms with E-state index in [0.29, 0.717) is 38.3 Å². The van der Waals surface area contributed by atoms with Crippen molar-refractivity contribution in [3.05, 3.63) is 102 Å². The molecule has 0 radical (unpaired) electrons. The maximum absolute atomic E-state index is 12.8. The molecule has 0 saturated heterocycles. The molecule has 0 aliphatic carbocycles. The van der Waals surface area contributed by atoms with Crippen molar-refractivity contribution in [2.24, 2.45) is 5.41 Å². The Bertz CT molecular complexity index is 1820. The smallest absolute Gasteiger partial charge is 0.310 e. The van der Waals surface area contributed by atoms with Crippen molar-refractivity contribution in [3.8, 4) is 22.8 Å². The van der Waals surface area contributed by atoms with E-state index in [9.17, 15) is 9.90 Å². The third-order valence-corrected chi connectivity index (χ3v) is 10.0. The number of nitrogens with zero attached hydrogens (tertiary/aromatic N) is 3. The molecule has 47 heavy (non-hydrogen) atoms. The molecule has 5 rings (SSSR count). The Kier molecular flexibility index (Phi) is 10.3. The topological polar surface area (TPSA) is 86.5 Å². The van der Waals surface area contributed by atoms with E-state index in [-0.39, 0.29) is 4.75 Å². The van der Waals surface area contributed by atoms with E-state index in [2.05, 4.69) is 71.7 Å². The van der Waals surface area contributed by atoms with E-state index < -0.39 is 11.4 Å². The van der Waals surface area contributed by atoms with Gasteiger partial charge in [0.2, 0.25) is 5.88 Å². The highest BCUT2D eigenvalue weighted by Crippen LogP contribution is 2.45. The Balaban J connectivity index is 1.60. The highest BCUT2D eigenvalue weighted by Gasteiger charge is 2.38. The van der Waals surface area contributed by atoms with Crippen molar-refractivity contribution >= 4 is 28.6 Å². The molecule has 5 aromatic rings. The largest absolute Gasteiger partial charge is 0.487 e. The summed E-state index contributed by atoms with van der Waals surface area (Å²) in [5.74, 6) is 0.587. The lowest BCUT2D eigenvalue weighted by Gasteiger charge is -2.29. The average molecular weight is 652 g/mol. The van der Waals surface area contributed by atoms with Crippen molar-refractivity contribution in [3.63, 3.8) is 0 Å². The highest BCUT2D eigenvalue weighted by molar-refractivity contribution is 8.00. The first-order valence-corrected chi connectivity index (χ1v) is 17.0. The summed E-state index contributed by atoms with van der Waals surface area (Å²) < 4.78 is 13.7. The number of carboxylic acid groups (broad SMARTS) is 1. The van der Waals surface area contributed by atoms with Crippen LogP contribution in [0.15, 0.2) is 84.0 Å². The average Bonchev–Trinajstić information content (AvgIpc) is 3.32. The Labute approximate surface area is 282 Å². The second kappa shape index (κ2) is 14.2. The van der Waals surface area contributed by atoms with E-state index in [1.54, 1.807) is 18.9 Å². The first-order valence-electron chi connectivity index (χ1n) is 16.2. The summed E-state index contributed by atoms with van der Waals surface area (Å²) in [7, 11) is 1.61. The van der Waals surface area contributed by atoms with Crippen molar-refractivity contribution in [2.45, 2.75) is 83.6 Å². The van der Waals surface area contributed by atoms with Gasteiger partial charge in [0.25, 0.3) is 0 Å². The van der Waals surface area contributed by atoms with Crippen LogP contribution in [0, 0.1) is 12.3 Å². The maximum Gasteiger partial charge on any atom is 0.310 e. The summed E-state index contributed by atoms with van der Waals surface area (Å²) in [5.41, 5.74) is 6.41. The minimum atomic E-state index is -0.874. The lowest BCUT2D eigenvalue weighted by Crippen LogP contribution is -2.33. The van der Waals surface area contributed by atoms with Gasteiger partial charge in [-0.1, -0.05) is 65.0 Å². The van der Waals surface area contributed by atoms with Crippen LogP contribution in [0.25, 0.3) is 22.0 Å². The van der Waals surface area contributed by atoms with Crippen molar-refractivity contribution in [2.75, 3.05) is 7.11 Å². The molecule has 0 aliphatic rings. The predicted molar refractivity (Wildman–Crippen MR) is 191 cm³/mol. The van der Waals surface area contributed by atoms with Crippen LogP contribution >= 0.6 is 11.8 Å². The maximum atomic E-state index is 12.8. The lowest BCUT2D eigenvalue weighted by molar-refractivity contribution is -0.149. The van der Waals surface area contributed by atoms with E-state index in [1.165, 1.54) is 0 Å². The summed E-state index contributed by atoms with van der Waals surface area (Å²) in [6.45, 7) is 13.6. The van der Waals surface area contributed by atoms with Crippen LogP contribution in [0.2, 0.25) is 0 Å². The van der Waals surface area contributed by atoms with Gasteiger partial charge in [0, 0.05) is 63.2 Å². The zero-order chi connectivity index (χ0) is 33.8. The van der Waals surface area contributed by atoms with Crippen LogP contribution in [0.1, 0.15) is 70.0 Å². The van der Waals surface area contributed by atoms with Gasteiger partial charge in [-0.05, 0) is 66.8 Å². The fraction of sp³-hybridized carbons (Fsp3) is 0.359. The van der Waals surface area contributed by atoms with Gasteiger partial charge in [-0.15, -0.1) is 11.8 Å². The van der Waals surface area contributed by atoms with E-state index in [0.717, 1.165) is 55.2 Å². The van der Waals surface area contributed by atoms with Gasteiger partial charge in [0.1, 0.15) is 12.4 Å². The number of methoxy groups -OCH3 is 1. The summed E-state index contributed by atoms with van der Waals surface area (Å²) in [4.78, 5) is 22.8. The van der Waals surface area contributed by atoms with Crippen LogP contribution in [0.5, 0.6) is 11.6 Å². The van der Waals surface area contributed by atoms with E-state index in [1.807, 2.05) is 63.5 Å². The van der Waals surface area contributed by atoms with Gasteiger partial charge in [0.05, 0.1) is 18.2 Å². The summed E-state index contributed by atoms with van der Waals surface area (Å²) in [5, 5.41) is 11.6. The molecular weight excluding hydrogens is 607 g/mol. The van der Waals surface area contributed by atoms with Crippen molar-refractivity contribution in [1.29, 1.82) is 0 Å². The molecule has 8 heteroatoms. The fourth-order valence-corrected chi connectivity index (χ4v) is 7.00. The van der Waals surface area contributed by atoms with Gasteiger partial charge in [-0.2, -0.15) is 0 Å². The molecule has 0 fully saturated rings. The van der Waals surface area contributed by atoms with E-state index >= 15 is 0 Å². The Morgan fingerprint density at radius 2 is 1.64 bits per heavy atom. The minimum absolute atomic E-state index is 0.102. The third kappa shape index (κ3) is 7.82. The molecule has 0 spiro atoms. The van der Waals surface area contributed by atoms with Crippen LogP contribution in [-0.4, -0.2) is 37.5 Å². The molecule has 0 atom stereocenters. The van der Waals surface area contributed by atoms with Crippen LogP contribution in [0.3, 0.4) is 0 Å². The molecule has 7 nitrogen and oxygen atoms in total. The predicted octanol–water partition coefficient (Wildman–Crippen LogP) is 9.37. The fourth-order valence-electron chi connectivity index (χ4n) is 5.82. The summed E-state index contributed by atoms with van der Waals surface area (Å²) >= 11 is 1.79. The van der Waals surface area contributed by atoms with Crippen molar-refractivity contribution < 1.29 is 19.4 Å². The number of benzene rings is 2. The zero-order valence-electron chi connectivity index (χ0n) is 28.5. The first kappa shape index (κ1) is 34.0. The number of carboxylic acids is 1. The number of hydrogen-bond acceptors (Lipinski definition) is 6. The van der Waals surface area contributed by atoms with Gasteiger partial charge >= 0.3 is 5.97 Å². The lowest BCUT2D eigenvalue weighted by atomic mass is 9.78. The number of aliphatic carboxylic acids is 1. The summed E-state index contributed by atoms with van der Waals surface area (Å²) in [6.07, 6.45) is 5.19. The number of ether oxygens (including phenoxy) is 2. The second-order valence-electron chi connectivity index (χ2n) is 13.1. The number of fused-ring (bicyclic) bond motifs is 1. The summed E-state index contributed by atoms with van der Waals surface area (Å²) in [6, 6.07) is 22.6. The standard InChI is InChI=1S/C39H45N3O4S/c1-8-39(9-2,37(43)44)21-34-36(47-38(4,5)6)32-20-31(46-25-30-16-10-26(3)22-40-30)17-18-33(32)42(34)24-27-11-13-28(14-12-27)29-15-19-35(45-7)41-23-29/h10-20,22-23H,8-9,21,24-25H2,1-7H3,(H,43,44). The van der Waals surface area contributed by atoms with Gasteiger partial charge < -0.3 is 19.1 Å². The molecule has 2 aromatic carbocycles. The Hall–Kier alpha value is -4.30. The van der Waals surface area contributed by atoms with Gasteiger partial charge in [-0.3, -0.25) is 9.78 Å². The number of rotatable bonds is 13. The molecule has 0 amide bonds.